The van der Waals surface area contributed by atoms with Gasteiger partial charge in [0.25, 0.3) is 0 Å². The van der Waals surface area contributed by atoms with Gasteiger partial charge in [-0.3, -0.25) is 9.48 Å². The van der Waals surface area contributed by atoms with Gasteiger partial charge in [-0.2, -0.15) is 5.10 Å². The Balaban J connectivity index is 1.52. The fourth-order valence-corrected chi connectivity index (χ4v) is 3.71. The molecule has 1 atom stereocenters. The molecule has 3 aromatic rings. The van der Waals surface area contributed by atoms with Gasteiger partial charge in [-0.15, -0.1) is 0 Å². The van der Waals surface area contributed by atoms with E-state index in [1.807, 2.05) is 49.2 Å². The molecular weight excluding hydrogens is 354 g/mol. The number of carbonyl (C=O) groups is 1. The summed E-state index contributed by atoms with van der Waals surface area (Å²) in [6, 6.07) is 9.53. The molecule has 8 nitrogen and oxygen atoms in total. The summed E-state index contributed by atoms with van der Waals surface area (Å²) in [5, 5.41) is 5.24. The second kappa shape index (κ2) is 6.87. The van der Waals surface area contributed by atoms with Gasteiger partial charge in [-0.25, -0.2) is 9.97 Å². The van der Waals surface area contributed by atoms with Crippen molar-refractivity contribution in [2.24, 2.45) is 12.8 Å². The highest BCUT2D eigenvalue weighted by atomic mass is 16.2. The largest absolute Gasteiger partial charge is 0.352 e. The Hall–Kier alpha value is -3.00. The van der Waals surface area contributed by atoms with E-state index in [1.54, 1.807) is 17.8 Å². The third kappa shape index (κ3) is 3.09. The first kappa shape index (κ1) is 18.4. The third-order valence-electron chi connectivity index (χ3n) is 5.37. The summed E-state index contributed by atoms with van der Waals surface area (Å²) in [5.74, 6) is 1.54. The van der Waals surface area contributed by atoms with E-state index >= 15 is 0 Å². The maximum absolute atomic E-state index is 13.1. The van der Waals surface area contributed by atoms with Crippen LogP contribution in [0.2, 0.25) is 0 Å². The molecule has 3 heterocycles. The summed E-state index contributed by atoms with van der Waals surface area (Å²) in [6.45, 7) is 6.25. The van der Waals surface area contributed by atoms with Crippen LogP contribution in [0.5, 0.6) is 0 Å². The Morgan fingerprint density at radius 3 is 2.46 bits per heavy atom. The number of carbonyl (C=O) groups excluding carboxylic acids is 1. The molecule has 1 aliphatic rings. The number of nitrogens with zero attached hydrogens (tertiary/aromatic N) is 6. The number of nitrogens with two attached hydrogens (primary N) is 1. The molecular formula is C20H25N7O. The quantitative estimate of drug-likeness (QED) is 0.735. The molecule has 0 radical (unpaired) electrons. The Kier molecular flexibility index (Phi) is 4.50. The summed E-state index contributed by atoms with van der Waals surface area (Å²) in [5.41, 5.74) is 7.03. The van der Waals surface area contributed by atoms with Gasteiger partial charge < -0.3 is 15.5 Å². The van der Waals surface area contributed by atoms with Crippen molar-refractivity contribution in [2.45, 2.75) is 19.4 Å². The monoisotopic (exact) mass is 379 g/mol. The van der Waals surface area contributed by atoms with E-state index < -0.39 is 5.54 Å². The van der Waals surface area contributed by atoms with Crippen LogP contribution >= 0.6 is 0 Å². The maximum atomic E-state index is 13.1. The zero-order valence-corrected chi connectivity index (χ0v) is 16.5. The van der Waals surface area contributed by atoms with Gasteiger partial charge in [-0.05, 0) is 19.4 Å². The number of anilines is 1. The number of fused-ring (bicyclic) bond motifs is 1. The number of hydrogen-bond acceptors (Lipinski definition) is 6. The lowest BCUT2D eigenvalue weighted by Gasteiger charge is -2.39. The van der Waals surface area contributed by atoms with Crippen molar-refractivity contribution in [1.82, 2.24) is 24.6 Å². The first-order valence-corrected chi connectivity index (χ1v) is 9.43. The second-order valence-electron chi connectivity index (χ2n) is 7.45. The molecule has 28 heavy (non-hydrogen) atoms. The smallest absolute Gasteiger partial charge is 0.247 e. The number of hydrogen-bond donors (Lipinski definition) is 1. The molecule has 0 spiro atoms. The average Bonchev–Trinajstić information content (AvgIpc) is 3.08. The Labute approximate surface area is 164 Å². The first-order valence-electron chi connectivity index (χ1n) is 9.43. The van der Waals surface area contributed by atoms with Crippen LogP contribution in [0.15, 0.2) is 36.5 Å². The van der Waals surface area contributed by atoms with Gasteiger partial charge in [-0.1, -0.05) is 30.3 Å². The van der Waals surface area contributed by atoms with Crippen molar-refractivity contribution in [1.29, 1.82) is 0 Å². The molecule has 0 aliphatic carbocycles. The standard InChI is InChI=1S/C20H25N7O/c1-14-23-17-16(13-22-25(17)3)18(24-14)26-9-11-27(12-10-26)19(28)20(2,21)15-7-5-4-6-8-15/h4-8,13H,9-12,21H2,1-3H3. The number of benzene rings is 1. The molecule has 4 rings (SSSR count). The lowest BCUT2D eigenvalue weighted by atomic mass is 9.91. The number of aromatic nitrogens is 4. The van der Waals surface area contributed by atoms with Gasteiger partial charge in [0, 0.05) is 33.2 Å². The van der Waals surface area contributed by atoms with E-state index in [-0.39, 0.29) is 5.91 Å². The fourth-order valence-electron chi connectivity index (χ4n) is 3.71. The van der Waals surface area contributed by atoms with Crippen molar-refractivity contribution >= 4 is 22.8 Å². The zero-order chi connectivity index (χ0) is 19.9. The van der Waals surface area contributed by atoms with Crippen molar-refractivity contribution in [3.63, 3.8) is 0 Å². The molecule has 1 unspecified atom stereocenters. The van der Waals surface area contributed by atoms with E-state index in [0.29, 0.717) is 32.0 Å². The molecule has 1 aromatic carbocycles. The lowest BCUT2D eigenvalue weighted by molar-refractivity contribution is -0.137. The predicted molar refractivity (Wildman–Crippen MR) is 108 cm³/mol. The van der Waals surface area contributed by atoms with E-state index in [9.17, 15) is 4.79 Å². The van der Waals surface area contributed by atoms with Crippen molar-refractivity contribution < 1.29 is 4.79 Å². The molecule has 146 valence electrons. The van der Waals surface area contributed by atoms with Crippen molar-refractivity contribution in [3.8, 4) is 0 Å². The van der Waals surface area contributed by atoms with Crippen molar-refractivity contribution in [3.05, 3.63) is 47.9 Å². The van der Waals surface area contributed by atoms with Gasteiger partial charge >= 0.3 is 0 Å². The van der Waals surface area contributed by atoms with Crippen LogP contribution in [-0.2, 0) is 17.4 Å². The number of amides is 1. The van der Waals surface area contributed by atoms with Crippen LogP contribution in [0.4, 0.5) is 5.82 Å². The van der Waals surface area contributed by atoms with E-state index in [4.69, 9.17) is 5.73 Å². The topological polar surface area (TPSA) is 93.2 Å². The van der Waals surface area contributed by atoms with Crippen molar-refractivity contribution in [2.75, 3.05) is 31.1 Å². The minimum absolute atomic E-state index is 0.0521. The molecule has 1 aliphatic heterocycles. The summed E-state index contributed by atoms with van der Waals surface area (Å²) >= 11 is 0. The SMILES string of the molecule is Cc1nc(N2CCN(C(=O)C(C)(N)c3ccccc3)CC2)c2cnn(C)c2n1. The Morgan fingerprint density at radius 1 is 1.11 bits per heavy atom. The Bertz CT molecular complexity index is 1000. The van der Waals surface area contributed by atoms with E-state index in [1.165, 1.54) is 0 Å². The molecule has 2 aromatic heterocycles. The molecule has 8 heteroatoms. The number of rotatable bonds is 3. The second-order valence-corrected chi connectivity index (χ2v) is 7.45. The molecule has 1 saturated heterocycles. The lowest BCUT2D eigenvalue weighted by Crippen LogP contribution is -2.57. The highest BCUT2D eigenvalue weighted by molar-refractivity contribution is 5.88. The van der Waals surface area contributed by atoms with Crippen LogP contribution in [0.1, 0.15) is 18.3 Å². The normalized spacial score (nSPS) is 17.0. The van der Waals surface area contributed by atoms with E-state index in [0.717, 1.165) is 22.4 Å². The third-order valence-corrected chi connectivity index (χ3v) is 5.37. The zero-order valence-electron chi connectivity index (χ0n) is 16.5. The minimum atomic E-state index is -1.04. The number of piperazine rings is 1. The predicted octanol–water partition coefficient (Wildman–Crippen LogP) is 1.19. The summed E-state index contributed by atoms with van der Waals surface area (Å²) in [4.78, 5) is 26.2. The molecule has 0 saturated carbocycles. The Morgan fingerprint density at radius 2 is 1.79 bits per heavy atom. The summed E-state index contributed by atoms with van der Waals surface area (Å²) in [6.07, 6.45) is 1.80. The highest BCUT2D eigenvalue weighted by Crippen LogP contribution is 2.26. The molecule has 0 bridgehead atoms. The van der Waals surface area contributed by atoms with Crippen LogP contribution in [0.25, 0.3) is 11.0 Å². The number of aryl methyl sites for hydroxylation is 2. The highest BCUT2D eigenvalue weighted by Gasteiger charge is 2.36. The summed E-state index contributed by atoms with van der Waals surface area (Å²) in [7, 11) is 1.88. The van der Waals surface area contributed by atoms with Crippen LogP contribution < -0.4 is 10.6 Å². The molecule has 1 fully saturated rings. The summed E-state index contributed by atoms with van der Waals surface area (Å²) < 4.78 is 1.76. The molecule has 2 N–H and O–H groups in total. The van der Waals surface area contributed by atoms with Gasteiger partial charge in [0.1, 0.15) is 17.2 Å². The molecule has 1 amide bonds. The first-order chi connectivity index (χ1) is 13.4. The minimum Gasteiger partial charge on any atom is -0.352 e. The van der Waals surface area contributed by atoms with Crippen LogP contribution in [0, 0.1) is 6.92 Å². The maximum Gasteiger partial charge on any atom is 0.247 e. The van der Waals surface area contributed by atoms with Gasteiger partial charge in [0.15, 0.2) is 5.65 Å². The fraction of sp³-hybridized carbons (Fsp3) is 0.400. The van der Waals surface area contributed by atoms with Gasteiger partial charge in [0.05, 0.1) is 11.6 Å². The van der Waals surface area contributed by atoms with Crippen LogP contribution in [0.3, 0.4) is 0 Å². The van der Waals surface area contributed by atoms with Crippen LogP contribution in [-0.4, -0.2) is 56.7 Å². The van der Waals surface area contributed by atoms with Gasteiger partial charge in [0.2, 0.25) is 5.91 Å². The average molecular weight is 379 g/mol. The van der Waals surface area contributed by atoms with E-state index in [2.05, 4.69) is 20.0 Å².